The molecule has 3 rings (SSSR count). The standard InChI is InChI=1S/C16H19BrFN5O.ClH/c1-10-15(21-22-23(10)13-4-6-19-7-5-13)16(24)20-9-11-8-12(18)2-3-14(11)17;/h2-3,8,13,19H,4-7,9H2,1H3,(H,20,24);1H. The van der Waals surface area contributed by atoms with Gasteiger partial charge in [-0.1, -0.05) is 21.1 Å². The minimum atomic E-state index is -0.338. The van der Waals surface area contributed by atoms with E-state index in [1.807, 2.05) is 11.6 Å². The molecule has 0 unspecified atom stereocenters. The lowest BCUT2D eigenvalue weighted by atomic mass is 10.1. The van der Waals surface area contributed by atoms with E-state index in [-0.39, 0.29) is 36.7 Å². The van der Waals surface area contributed by atoms with Gasteiger partial charge < -0.3 is 10.6 Å². The van der Waals surface area contributed by atoms with Crippen molar-refractivity contribution in [1.29, 1.82) is 0 Å². The normalized spacial score (nSPS) is 14.8. The van der Waals surface area contributed by atoms with Crippen molar-refractivity contribution < 1.29 is 9.18 Å². The fourth-order valence-corrected chi connectivity index (χ4v) is 3.27. The van der Waals surface area contributed by atoms with Gasteiger partial charge >= 0.3 is 0 Å². The van der Waals surface area contributed by atoms with Crippen LogP contribution in [0.3, 0.4) is 0 Å². The number of rotatable bonds is 4. The molecule has 2 aromatic rings. The van der Waals surface area contributed by atoms with E-state index in [1.54, 1.807) is 6.07 Å². The lowest BCUT2D eigenvalue weighted by Gasteiger charge is -2.23. The molecule has 9 heteroatoms. The Morgan fingerprint density at radius 2 is 2.16 bits per heavy atom. The molecule has 0 bridgehead atoms. The van der Waals surface area contributed by atoms with E-state index < -0.39 is 0 Å². The number of benzene rings is 1. The third-order valence-corrected chi connectivity index (χ3v) is 5.02. The summed E-state index contributed by atoms with van der Waals surface area (Å²) in [5.41, 5.74) is 1.76. The van der Waals surface area contributed by atoms with Gasteiger partial charge in [0.1, 0.15) is 5.82 Å². The van der Waals surface area contributed by atoms with Gasteiger partial charge in [-0.05, 0) is 56.6 Å². The highest BCUT2D eigenvalue weighted by molar-refractivity contribution is 9.10. The average Bonchev–Trinajstić information content (AvgIpc) is 2.98. The molecule has 1 aliphatic heterocycles. The Balaban J connectivity index is 0.00000225. The lowest BCUT2D eigenvalue weighted by Crippen LogP contribution is -2.30. The molecule has 25 heavy (non-hydrogen) atoms. The summed E-state index contributed by atoms with van der Waals surface area (Å²) in [6.07, 6.45) is 1.95. The predicted octanol–water partition coefficient (Wildman–Crippen LogP) is 2.76. The molecular weight excluding hydrogens is 413 g/mol. The molecule has 0 aliphatic carbocycles. The van der Waals surface area contributed by atoms with Crippen LogP contribution in [0.4, 0.5) is 4.39 Å². The van der Waals surface area contributed by atoms with Crippen LogP contribution >= 0.6 is 28.3 Å². The zero-order chi connectivity index (χ0) is 17.1. The highest BCUT2D eigenvalue weighted by atomic mass is 79.9. The number of nitrogens with zero attached hydrogens (tertiary/aromatic N) is 3. The SMILES string of the molecule is Cc1c(C(=O)NCc2cc(F)ccc2Br)nnn1C1CCNCC1.Cl. The second kappa shape index (κ2) is 8.73. The van der Waals surface area contributed by atoms with Crippen LogP contribution in [0.25, 0.3) is 0 Å². The molecule has 1 aromatic carbocycles. The molecule has 0 spiro atoms. The van der Waals surface area contributed by atoms with Gasteiger partial charge in [-0.3, -0.25) is 4.79 Å². The van der Waals surface area contributed by atoms with Crippen LogP contribution in [0.15, 0.2) is 22.7 Å². The maximum Gasteiger partial charge on any atom is 0.274 e. The molecule has 1 aliphatic rings. The molecule has 0 saturated carbocycles. The van der Waals surface area contributed by atoms with Gasteiger partial charge in [0.15, 0.2) is 5.69 Å². The van der Waals surface area contributed by atoms with Crippen LogP contribution in [0.2, 0.25) is 0 Å². The number of hydrogen-bond donors (Lipinski definition) is 2. The van der Waals surface area contributed by atoms with E-state index in [2.05, 4.69) is 36.9 Å². The van der Waals surface area contributed by atoms with Gasteiger partial charge in [-0.25, -0.2) is 9.07 Å². The minimum absolute atomic E-state index is 0. The van der Waals surface area contributed by atoms with Crippen LogP contribution in [0, 0.1) is 12.7 Å². The van der Waals surface area contributed by atoms with Crippen molar-refractivity contribution in [1.82, 2.24) is 25.6 Å². The smallest absolute Gasteiger partial charge is 0.274 e. The number of hydrogen-bond acceptors (Lipinski definition) is 4. The van der Waals surface area contributed by atoms with Gasteiger partial charge in [-0.15, -0.1) is 17.5 Å². The summed E-state index contributed by atoms with van der Waals surface area (Å²) in [6, 6.07) is 4.65. The van der Waals surface area contributed by atoms with E-state index in [1.165, 1.54) is 12.1 Å². The molecule has 2 N–H and O–H groups in total. The zero-order valence-electron chi connectivity index (χ0n) is 13.8. The fraction of sp³-hybridized carbons (Fsp3) is 0.438. The summed E-state index contributed by atoms with van der Waals surface area (Å²) in [4.78, 5) is 12.4. The molecular formula is C16H20BrClFN5O. The summed E-state index contributed by atoms with van der Waals surface area (Å²) in [6.45, 7) is 3.96. The number of nitrogens with one attached hydrogen (secondary N) is 2. The van der Waals surface area contributed by atoms with Crippen molar-refractivity contribution in [2.45, 2.75) is 32.4 Å². The topological polar surface area (TPSA) is 71.8 Å². The summed E-state index contributed by atoms with van der Waals surface area (Å²) >= 11 is 3.35. The first kappa shape index (κ1) is 19.8. The van der Waals surface area contributed by atoms with Crippen LogP contribution in [-0.2, 0) is 6.54 Å². The average molecular weight is 433 g/mol. The number of carbonyl (C=O) groups excluding carboxylic acids is 1. The van der Waals surface area contributed by atoms with Gasteiger partial charge in [0.2, 0.25) is 0 Å². The Hall–Kier alpha value is -1.51. The van der Waals surface area contributed by atoms with Crippen molar-refractivity contribution in [3.05, 3.63) is 45.4 Å². The fourth-order valence-electron chi connectivity index (χ4n) is 2.89. The maximum atomic E-state index is 13.3. The van der Waals surface area contributed by atoms with Gasteiger partial charge in [0, 0.05) is 11.0 Å². The molecule has 1 saturated heterocycles. The first-order chi connectivity index (χ1) is 11.6. The molecule has 136 valence electrons. The highest BCUT2D eigenvalue weighted by Crippen LogP contribution is 2.21. The van der Waals surface area contributed by atoms with Crippen LogP contribution in [0.1, 0.15) is 40.6 Å². The predicted molar refractivity (Wildman–Crippen MR) is 98.4 cm³/mol. The van der Waals surface area contributed by atoms with Crippen LogP contribution in [-0.4, -0.2) is 34.0 Å². The van der Waals surface area contributed by atoms with Crippen molar-refractivity contribution >= 4 is 34.2 Å². The van der Waals surface area contributed by atoms with E-state index in [9.17, 15) is 9.18 Å². The van der Waals surface area contributed by atoms with Crippen molar-refractivity contribution in [2.24, 2.45) is 0 Å². The summed E-state index contributed by atoms with van der Waals surface area (Å²) in [5, 5.41) is 14.3. The minimum Gasteiger partial charge on any atom is -0.346 e. The maximum absolute atomic E-state index is 13.3. The summed E-state index contributed by atoms with van der Waals surface area (Å²) in [5.74, 6) is -0.640. The third kappa shape index (κ3) is 4.56. The quantitative estimate of drug-likeness (QED) is 0.779. The highest BCUT2D eigenvalue weighted by Gasteiger charge is 2.22. The van der Waals surface area contributed by atoms with Gasteiger partial charge in [0.25, 0.3) is 5.91 Å². The largest absolute Gasteiger partial charge is 0.346 e. The van der Waals surface area contributed by atoms with E-state index in [0.717, 1.165) is 36.1 Å². The number of amides is 1. The van der Waals surface area contributed by atoms with Crippen molar-refractivity contribution in [2.75, 3.05) is 13.1 Å². The molecule has 0 radical (unpaired) electrons. The molecule has 1 aromatic heterocycles. The van der Waals surface area contributed by atoms with Crippen LogP contribution < -0.4 is 10.6 Å². The third-order valence-electron chi connectivity index (χ3n) is 4.24. The number of aromatic nitrogens is 3. The van der Waals surface area contributed by atoms with Crippen molar-refractivity contribution in [3.8, 4) is 0 Å². The van der Waals surface area contributed by atoms with E-state index in [0.29, 0.717) is 11.3 Å². The molecule has 1 fully saturated rings. The Morgan fingerprint density at radius 1 is 1.44 bits per heavy atom. The monoisotopic (exact) mass is 431 g/mol. The Kier molecular flexibility index (Phi) is 6.92. The van der Waals surface area contributed by atoms with Crippen molar-refractivity contribution in [3.63, 3.8) is 0 Å². The second-order valence-electron chi connectivity index (χ2n) is 5.87. The Labute approximate surface area is 160 Å². The second-order valence-corrected chi connectivity index (χ2v) is 6.72. The van der Waals surface area contributed by atoms with Crippen LogP contribution in [0.5, 0.6) is 0 Å². The molecule has 2 heterocycles. The van der Waals surface area contributed by atoms with Gasteiger partial charge in [0.05, 0.1) is 11.7 Å². The lowest BCUT2D eigenvalue weighted by molar-refractivity contribution is 0.0945. The first-order valence-corrected chi connectivity index (χ1v) is 8.70. The van der Waals surface area contributed by atoms with Gasteiger partial charge in [-0.2, -0.15) is 0 Å². The molecule has 1 amide bonds. The number of halogens is 3. The van der Waals surface area contributed by atoms with E-state index >= 15 is 0 Å². The Bertz CT molecular complexity index is 748. The number of piperidine rings is 1. The first-order valence-electron chi connectivity index (χ1n) is 7.91. The summed E-state index contributed by atoms with van der Waals surface area (Å²) in [7, 11) is 0. The molecule has 0 atom stereocenters. The zero-order valence-corrected chi connectivity index (χ0v) is 16.2. The molecule has 6 nitrogen and oxygen atoms in total. The Morgan fingerprint density at radius 3 is 2.88 bits per heavy atom. The van der Waals surface area contributed by atoms with E-state index in [4.69, 9.17) is 0 Å². The summed E-state index contributed by atoms with van der Waals surface area (Å²) < 4.78 is 15.9. The number of carbonyl (C=O) groups is 1.